The monoisotopic (exact) mass is 517 g/mol. The van der Waals surface area contributed by atoms with Crippen LogP contribution in [-0.2, 0) is 0 Å². The summed E-state index contributed by atoms with van der Waals surface area (Å²) < 4.78 is 2.53. The van der Waals surface area contributed by atoms with Gasteiger partial charge in [-0.2, -0.15) is 0 Å². The van der Waals surface area contributed by atoms with Crippen molar-refractivity contribution in [2.75, 3.05) is 0 Å². The number of aromatic nitrogens is 2. The molecule has 2 unspecified atom stereocenters. The molecule has 0 spiro atoms. The van der Waals surface area contributed by atoms with Crippen molar-refractivity contribution in [1.29, 1.82) is 0 Å². The first-order valence-corrected chi connectivity index (χ1v) is 17.1. The summed E-state index contributed by atoms with van der Waals surface area (Å²) in [5.74, 6) is 2.63. The minimum Gasteiger partial charge on any atom is -0.332 e. The van der Waals surface area contributed by atoms with E-state index in [2.05, 4.69) is 51.6 Å². The second kappa shape index (κ2) is 24.3. The van der Waals surface area contributed by atoms with E-state index in [1.54, 1.807) is 0 Å². The lowest BCUT2D eigenvalue weighted by Crippen LogP contribution is -2.16. The van der Waals surface area contributed by atoms with Crippen molar-refractivity contribution < 1.29 is 0 Å². The lowest BCUT2D eigenvalue weighted by Gasteiger charge is -2.25. The van der Waals surface area contributed by atoms with Crippen LogP contribution in [0, 0.1) is 5.92 Å². The highest BCUT2D eigenvalue weighted by molar-refractivity contribution is 5.03. The molecule has 0 aliphatic heterocycles. The normalized spacial score (nSPS) is 13.5. The first-order chi connectivity index (χ1) is 18.1. The second-order valence-corrected chi connectivity index (χ2v) is 12.5. The Kier molecular flexibility index (Phi) is 22.5. The molecule has 2 heteroatoms. The molecule has 218 valence electrons. The van der Waals surface area contributed by atoms with Crippen molar-refractivity contribution in [2.24, 2.45) is 5.92 Å². The van der Waals surface area contributed by atoms with Crippen molar-refractivity contribution in [1.82, 2.24) is 9.55 Å². The SMILES string of the molecule is CCCCCCCCCCCCCCCC(c1nccn1C(C)CCCCCCCCCCC)C(C)C. The Morgan fingerprint density at radius 3 is 1.32 bits per heavy atom. The average Bonchev–Trinajstić information content (AvgIpc) is 3.37. The molecule has 0 aromatic carbocycles. The average molecular weight is 517 g/mol. The number of unbranched alkanes of at least 4 members (excludes halogenated alkanes) is 20. The van der Waals surface area contributed by atoms with Gasteiger partial charge in [-0.25, -0.2) is 4.98 Å². The summed E-state index contributed by atoms with van der Waals surface area (Å²) in [4.78, 5) is 4.90. The van der Waals surface area contributed by atoms with Crippen molar-refractivity contribution in [2.45, 2.75) is 201 Å². The van der Waals surface area contributed by atoms with Crippen LogP contribution >= 0.6 is 0 Å². The van der Waals surface area contributed by atoms with Gasteiger partial charge in [-0.05, 0) is 25.7 Å². The second-order valence-electron chi connectivity index (χ2n) is 12.5. The maximum absolute atomic E-state index is 4.90. The summed E-state index contributed by atoms with van der Waals surface area (Å²) in [6, 6.07) is 0.579. The van der Waals surface area contributed by atoms with E-state index in [-0.39, 0.29) is 0 Å². The largest absolute Gasteiger partial charge is 0.332 e. The van der Waals surface area contributed by atoms with Gasteiger partial charge in [0, 0.05) is 24.4 Å². The summed E-state index contributed by atoms with van der Waals surface area (Å²) in [7, 11) is 0. The molecule has 2 nitrogen and oxygen atoms in total. The molecule has 0 bridgehead atoms. The van der Waals surface area contributed by atoms with E-state index in [0.717, 1.165) is 0 Å². The van der Waals surface area contributed by atoms with Gasteiger partial charge in [0.2, 0.25) is 0 Å². The van der Waals surface area contributed by atoms with Gasteiger partial charge in [0.1, 0.15) is 5.82 Å². The van der Waals surface area contributed by atoms with E-state index >= 15 is 0 Å². The third kappa shape index (κ3) is 17.4. The quantitative estimate of drug-likeness (QED) is 0.106. The van der Waals surface area contributed by atoms with E-state index in [0.29, 0.717) is 17.9 Å². The third-order valence-corrected chi connectivity index (χ3v) is 8.65. The van der Waals surface area contributed by atoms with Crippen molar-refractivity contribution in [3.63, 3.8) is 0 Å². The van der Waals surface area contributed by atoms with Crippen LogP contribution in [0.15, 0.2) is 12.4 Å². The van der Waals surface area contributed by atoms with Crippen LogP contribution in [0.4, 0.5) is 0 Å². The molecule has 0 aliphatic carbocycles. The highest BCUT2D eigenvalue weighted by Gasteiger charge is 2.22. The van der Waals surface area contributed by atoms with Gasteiger partial charge >= 0.3 is 0 Å². The Labute approximate surface area is 234 Å². The summed E-state index contributed by atoms with van der Waals surface area (Å²) in [6.45, 7) is 11.8. The number of hydrogen-bond acceptors (Lipinski definition) is 1. The minimum absolute atomic E-state index is 0.579. The molecule has 0 saturated carbocycles. The van der Waals surface area contributed by atoms with E-state index < -0.39 is 0 Å². The smallest absolute Gasteiger partial charge is 0.112 e. The van der Waals surface area contributed by atoms with Crippen LogP contribution in [0.5, 0.6) is 0 Å². The van der Waals surface area contributed by atoms with Gasteiger partial charge in [-0.3, -0.25) is 0 Å². The number of nitrogens with zero attached hydrogens (tertiary/aromatic N) is 2. The van der Waals surface area contributed by atoms with Gasteiger partial charge in [0.05, 0.1) is 0 Å². The van der Waals surface area contributed by atoms with E-state index in [9.17, 15) is 0 Å². The maximum Gasteiger partial charge on any atom is 0.112 e. The first-order valence-electron chi connectivity index (χ1n) is 17.1. The van der Waals surface area contributed by atoms with Crippen LogP contribution in [0.3, 0.4) is 0 Å². The molecule has 0 saturated heterocycles. The Morgan fingerprint density at radius 2 is 0.919 bits per heavy atom. The highest BCUT2D eigenvalue weighted by Crippen LogP contribution is 2.31. The third-order valence-electron chi connectivity index (χ3n) is 8.65. The molecule has 0 amide bonds. The van der Waals surface area contributed by atoms with E-state index in [4.69, 9.17) is 4.98 Å². The summed E-state index contributed by atoms with van der Waals surface area (Å²) in [6.07, 6.45) is 38.2. The van der Waals surface area contributed by atoms with E-state index in [1.807, 2.05) is 0 Å². The predicted molar refractivity (Wildman–Crippen MR) is 167 cm³/mol. The Bertz CT molecular complexity index is 590. The van der Waals surface area contributed by atoms with Gasteiger partial charge in [0.25, 0.3) is 0 Å². The summed E-state index contributed by atoms with van der Waals surface area (Å²) in [5.41, 5.74) is 0. The molecule has 1 aromatic rings. The highest BCUT2D eigenvalue weighted by atomic mass is 15.1. The van der Waals surface area contributed by atoms with Crippen LogP contribution in [-0.4, -0.2) is 9.55 Å². The molecule has 0 aliphatic rings. The fraction of sp³-hybridized carbons (Fsp3) is 0.914. The Balaban J connectivity index is 2.20. The molecule has 1 heterocycles. The zero-order valence-electron chi connectivity index (χ0n) is 26.3. The standard InChI is InChI=1S/C35H68N2/c1-6-8-10-12-14-16-17-18-19-21-23-25-27-29-34(32(3)4)35-36-30-31-37(35)33(5)28-26-24-22-20-15-13-11-9-7-2/h30-34H,6-29H2,1-5H3. The van der Waals surface area contributed by atoms with Crippen LogP contribution in [0.1, 0.15) is 207 Å². The lowest BCUT2D eigenvalue weighted by atomic mass is 9.89. The van der Waals surface area contributed by atoms with Gasteiger partial charge in [0.15, 0.2) is 0 Å². The zero-order valence-corrected chi connectivity index (χ0v) is 26.3. The minimum atomic E-state index is 0.579. The van der Waals surface area contributed by atoms with Gasteiger partial charge in [-0.15, -0.1) is 0 Å². The maximum atomic E-state index is 4.90. The van der Waals surface area contributed by atoms with Crippen LogP contribution in [0.2, 0.25) is 0 Å². The van der Waals surface area contributed by atoms with Crippen LogP contribution < -0.4 is 0 Å². The number of imidazole rings is 1. The lowest BCUT2D eigenvalue weighted by molar-refractivity contribution is 0.382. The molecule has 2 atom stereocenters. The predicted octanol–water partition coefficient (Wildman–Crippen LogP) is 12.6. The van der Waals surface area contributed by atoms with Gasteiger partial charge in [-0.1, -0.05) is 169 Å². The van der Waals surface area contributed by atoms with Gasteiger partial charge < -0.3 is 4.57 Å². The number of hydrogen-bond donors (Lipinski definition) is 0. The molecule has 1 rings (SSSR count). The molecular weight excluding hydrogens is 448 g/mol. The van der Waals surface area contributed by atoms with Crippen molar-refractivity contribution >= 4 is 0 Å². The Hall–Kier alpha value is -0.790. The molecule has 0 N–H and O–H groups in total. The molecule has 37 heavy (non-hydrogen) atoms. The van der Waals surface area contributed by atoms with Crippen molar-refractivity contribution in [3.8, 4) is 0 Å². The zero-order chi connectivity index (χ0) is 27.0. The molecule has 1 aromatic heterocycles. The fourth-order valence-electron chi connectivity index (χ4n) is 6.02. The van der Waals surface area contributed by atoms with E-state index in [1.165, 1.54) is 160 Å². The summed E-state index contributed by atoms with van der Waals surface area (Å²) in [5, 5.41) is 0. The molecular formula is C35H68N2. The number of rotatable bonds is 27. The Morgan fingerprint density at radius 1 is 0.541 bits per heavy atom. The first kappa shape index (κ1) is 34.2. The molecule has 0 radical (unpaired) electrons. The molecule has 0 fully saturated rings. The fourth-order valence-corrected chi connectivity index (χ4v) is 6.02. The summed E-state index contributed by atoms with van der Waals surface area (Å²) >= 11 is 0. The topological polar surface area (TPSA) is 17.8 Å². The van der Waals surface area contributed by atoms with Crippen molar-refractivity contribution in [3.05, 3.63) is 18.2 Å². The van der Waals surface area contributed by atoms with Crippen LogP contribution in [0.25, 0.3) is 0 Å².